The van der Waals surface area contributed by atoms with Crippen LogP contribution >= 0.6 is 0 Å². The van der Waals surface area contributed by atoms with Crippen LogP contribution in [0.5, 0.6) is 0 Å². The molecule has 0 bridgehead atoms. The van der Waals surface area contributed by atoms with Gasteiger partial charge in [-0.3, -0.25) is 14.4 Å². The Balaban J connectivity index is 1.60. The Bertz CT molecular complexity index is 649. The Labute approximate surface area is 141 Å². The van der Waals surface area contributed by atoms with E-state index in [9.17, 15) is 4.79 Å². The van der Waals surface area contributed by atoms with Crippen LogP contribution in [0.25, 0.3) is 0 Å². The zero-order chi connectivity index (χ0) is 16.9. The van der Waals surface area contributed by atoms with E-state index in [1.54, 1.807) is 18.9 Å². The van der Waals surface area contributed by atoms with Crippen LogP contribution in [0.2, 0.25) is 0 Å². The first-order valence-electron chi connectivity index (χ1n) is 8.53. The second kappa shape index (κ2) is 7.57. The summed E-state index contributed by atoms with van der Waals surface area (Å²) in [5.74, 6) is 0.753. The molecule has 1 saturated heterocycles. The van der Waals surface area contributed by atoms with Crippen LogP contribution in [0.1, 0.15) is 39.2 Å². The molecule has 2 aromatic rings. The van der Waals surface area contributed by atoms with Gasteiger partial charge in [0.2, 0.25) is 5.91 Å². The van der Waals surface area contributed by atoms with Crippen LogP contribution < -0.4 is 5.32 Å². The van der Waals surface area contributed by atoms with Crippen molar-refractivity contribution in [2.75, 3.05) is 18.4 Å². The number of piperidine rings is 1. The van der Waals surface area contributed by atoms with Gasteiger partial charge >= 0.3 is 0 Å². The second-order valence-electron chi connectivity index (χ2n) is 6.54. The smallest absolute Gasteiger partial charge is 0.239 e. The minimum atomic E-state index is 0.00268. The average molecular weight is 331 g/mol. The summed E-state index contributed by atoms with van der Waals surface area (Å²) in [6.45, 7) is 6.19. The predicted octanol–water partition coefficient (Wildman–Crippen LogP) is 1.55. The van der Waals surface area contributed by atoms with E-state index in [0.717, 1.165) is 31.7 Å². The first-order valence-corrected chi connectivity index (χ1v) is 8.53. The van der Waals surface area contributed by atoms with Crippen molar-refractivity contribution in [1.29, 1.82) is 0 Å². The summed E-state index contributed by atoms with van der Waals surface area (Å²) >= 11 is 0. The molecule has 24 heavy (non-hydrogen) atoms. The lowest BCUT2D eigenvalue weighted by atomic mass is 10.0. The van der Waals surface area contributed by atoms with Crippen LogP contribution in [-0.4, -0.2) is 54.5 Å². The van der Waals surface area contributed by atoms with Gasteiger partial charge in [-0.2, -0.15) is 10.2 Å². The van der Waals surface area contributed by atoms with Gasteiger partial charge in [0.25, 0.3) is 0 Å². The van der Waals surface area contributed by atoms with Gasteiger partial charge < -0.3 is 5.32 Å². The Hall–Kier alpha value is -2.22. The topological polar surface area (TPSA) is 80.9 Å². The fraction of sp³-hybridized carbons (Fsp3) is 0.625. The third-order valence-corrected chi connectivity index (χ3v) is 4.39. The highest BCUT2D eigenvalue weighted by atomic mass is 16.2. The molecule has 3 heterocycles. The van der Waals surface area contributed by atoms with E-state index in [0.29, 0.717) is 12.6 Å². The molecule has 1 aliphatic heterocycles. The number of amides is 1. The minimum Gasteiger partial charge on any atom is -0.310 e. The quantitative estimate of drug-likeness (QED) is 0.868. The summed E-state index contributed by atoms with van der Waals surface area (Å²) in [6, 6.07) is 2.37. The van der Waals surface area contributed by atoms with E-state index in [4.69, 9.17) is 0 Å². The van der Waals surface area contributed by atoms with Gasteiger partial charge in [0.05, 0.1) is 19.3 Å². The summed E-state index contributed by atoms with van der Waals surface area (Å²) in [6.07, 6.45) is 8.39. The van der Waals surface area contributed by atoms with Gasteiger partial charge in [-0.1, -0.05) is 6.42 Å². The number of carbonyl (C=O) groups is 1. The van der Waals surface area contributed by atoms with Crippen molar-refractivity contribution in [1.82, 2.24) is 29.4 Å². The van der Waals surface area contributed by atoms with Crippen molar-refractivity contribution in [3.05, 3.63) is 24.9 Å². The van der Waals surface area contributed by atoms with Gasteiger partial charge in [0, 0.05) is 18.2 Å². The lowest BCUT2D eigenvalue weighted by molar-refractivity contribution is -0.118. The van der Waals surface area contributed by atoms with Crippen molar-refractivity contribution >= 4 is 11.7 Å². The highest BCUT2D eigenvalue weighted by Crippen LogP contribution is 2.19. The van der Waals surface area contributed by atoms with Crippen molar-refractivity contribution < 1.29 is 4.79 Å². The van der Waals surface area contributed by atoms with E-state index in [1.165, 1.54) is 6.42 Å². The molecular weight excluding hydrogens is 306 g/mol. The van der Waals surface area contributed by atoms with Gasteiger partial charge in [-0.05, 0) is 33.2 Å². The highest BCUT2D eigenvalue weighted by Gasteiger charge is 2.25. The maximum absolute atomic E-state index is 12.5. The third kappa shape index (κ3) is 4.00. The minimum absolute atomic E-state index is 0.00268. The van der Waals surface area contributed by atoms with Gasteiger partial charge in [0.15, 0.2) is 0 Å². The number of carbonyl (C=O) groups excluding carboxylic acids is 1. The largest absolute Gasteiger partial charge is 0.310 e. The first-order chi connectivity index (χ1) is 11.6. The van der Waals surface area contributed by atoms with Crippen LogP contribution in [0.15, 0.2) is 24.9 Å². The van der Waals surface area contributed by atoms with Crippen LogP contribution in [-0.2, 0) is 11.3 Å². The number of nitrogens with one attached hydrogen (secondary N) is 1. The second-order valence-corrected chi connectivity index (χ2v) is 6.54. The van der Waals surface area contributed by atoms with Crippen LogP contribution in [0.3, 0.4) is 0 Å². The maximum Gasteiger partial charge on any atom is 0.239 e. The molecule has 1 N–H and O–H groups in total. The summed E-state index contributed by atoms with van der Waals surface area (Å²) < 4.78 is 3.66. The molecule has 0 aromatic carbocycles. The Morgan fingerprint density at radius 3 is 3.00 bits per heavy atom. The molecule has 0 spiro atoms. The summed E-state index contributed by atoms with van der Waals surface area (Å²) in [5, 5.41) is 11.4. The number of hydrogen-bond acceptors (Lipinski definition) is 5. The van der Waals surface area contributed by atoms with Gasteiger partial charge in [-0.25, -0.2) is 9.67 Å². The number of aromatic nitrogens is 5. The Morgan fingerprint density at radius 2 is 2.25 bits per heavy atom. The molecule has 2 aromatic heterocycles. The highest BCUT2D eigenvalue weighted by molar-refractivity contribution is 5.91. The molecule has 3 rings (SSSR count). The fourth-order valence-corrected chi connectivity index (χ4v) is 3.21. The number of rotatable bonds is 6. The SMILES string of the molecule is CC(C)n1nccc1NC(=O)CN1CCCC[C@@H]1Cn1cncn1. The van der Waals surface area contributed by atoms with Crippen LogP contribution in [0, 0.1) is 0 Å². The number of hydrogen-bond donors (Lipinski definition) is 1. The molecule has 8 heteroatoms. The molecule has 1 amide bonds. The van der Waals surface area contributed by atoms with E-state index in [1.807, 2.05) is 29.3 Å². The zero-order valence-electron chi connectivity index (χ0n) is 14.3. The fourth-order valence-electron chi connectivity index (χ4n) is 3.21. The van der Waals surface area contributed by atoms with Crippen LogP contribution in [0.4, 0.5) is 5.82 Å². The number of likely N-dealkylation sites (tertiary alicyclic amines) is 1. The Kier molecular flexibility index (Phi) is 5.24. The number of anilines is 1. The lowest BCUT2D eigenvalue weighted by Crippen LogP contribution is -2.46. The maximum atomic E-state index is 12.5. The summed E-state index contributed by atoms with van der Waals surface area (Å²) in [4.78, 5) is 18.7. The lowest BCUT2D eigenvalue weighted by Gasteiger charge is -2.35. The summed E-state index contributed by atoms with van der Waals surface area (Å²) in [5.41, 5.74) is 0. The van der Waals surface area contributed by atoms with Crippen molar-refractivity contribution in [2.45, 2.75) is 51.7 Å². The molecule has 0 unspecified atom stereocenters. The molecule has 1 atom stereocenters. The molecule has 130 valence electrons. The third-order valence-electron chi connectivity index (χ3n) is 4.39. The predicted molar refractivity (Wildman–Crippen MR) is 90.5 cm³/mol. The number of nitrogens with zero attached hydrogens (tertiary/aromatic N) is 6. The van der Waals surface area contributed by atoms with E-state index < -0.39 is 0 Å². The van der Waals surface area contributed by atoms with Gasteiger partial charge in [0.1, 0.15) is 18.5 Å². The molecule has 0 saturated carbocycles. The normalized spacial score (nSPS) is 18.9. The molecule has 0 aliphatic carbocycles. The van der Waals surface area contributed by atoms with E-state index in [2.05, 4.69) is 25.4 Å². The van der Waals surface area contributed by atoms with Crippen molar-refractivity contribution in [2.24, 2.45) is 0 Å². The zero-order valence-corrected chi connectivity index (χ0v) is 14.3. The molecule has 0 radical (unpaired) electrons. The monoisotopic (exact) mass is 331 g/mol. The molecule has 1 fully saturated rings. The van der Waals surface area contributed by atoms with E-state index in [-0.39, 0.29) is 11.9 Å². The average Bonchev–Trinajstić information content (AvgIpc) is 3.21. The molecule has 8 nitrogen and oxygen atoms in total. The Morgan fingerprint density at radius 1 is 1.38 bits per heavy atom. The summed E-state index contributed by atoms with van der Waals surface area (Å²) in [7, 11) is 0. The molecular formula is C16H25N7O. The van der Waals surface area contributed by atoms with Crippen molar-refractivity contribution in [3.8, 4) is 0 Å². The van der Waals surface area contributed by atoms with Crippen molar-refractivity contribution in [3.63, 3.8) is 0 Å². The van der Waals surface area contributed by atoms with E-state index >= 15 is 0 Å². The first kappa shape index (κ1) is 16.6. The standard InChI is InChI=1S/C16H25N7O/c1-13(2)23-15(6-7-18-23)20-16(24)10-21-8-4-3-5-14(21)9-22-12-17-11-19-22/h6-7,11-14H,3-5,8-10H2,1-2H3,(H,20,24)/t14-/m1/s1. The molecule has 1 aliphatic rings. The van der Waals surface area contributed by atoms with Gasteiger partial charge in [-0.15, -0.1) is 0 Å².